The Balaban J connectivity index is 1.39. The third-order valence-electron chi connectivity index (χ3n) is 7.23. The number of carbonyl (C=O) groups excluding carboxylic acids is 2. The summed E-state index contributed by atoms with van der Waals surface area (Å²) in [5.41, 5.74) is -2.76. The first kappa shape index (κ1) is 30.4. The fourth-order valence-corrected chi connectivity index (χ4v) is 5.34. The molecule has 0 bridgehead atoms. The average molecular weight is 626 g/mol. The molecule has 0 spiro atoms. The number of hydrogen-bond acceptors (Lipinski definition) is 8. The number of amides is 3. The smallest absolute Gasteiger partial charge is 0.410 e. The van der Waals surface area contributed by atoms with Gasteiger partial charge in [-0.2, -0.15) is 23.3 Å². The van der Waals surface area contributed by atoms with Crippen LogP contribution in [0.4, 0.5) is 34.3 Å². The van der Waals surface area contributed by atoms with Crippen LogP contribution in [-0.4, -0.2) is 81.2 Å². The normalized spacial score (nSPS) is 20.4. The van der Waals surface area contributed by atoms with E-state index in [2.05, 4.69) is 20.4 Å². The van der Waals surface area contributed by atoms with Crippen molar-refractivity contribution in [1.82, 2.24) is 24.5 Å². The standard InChI is InChI=1S/C27H31ClF3N7O5/c1-14-9-18(33-22(20(14)41-6)42-15-7-8-36(12-15)24(40)43-25(2,3)4)34-23(39)37-13-26(5,27(29,30)31)21-16(37)11-32-19-10-17(28)35-38(19)21/h9-11,15H,7-8,12-13H2,1-6H3,(H,33,34,39)/t15-,26+/m0/s1. The van der Waals surface area contributed by atoms with Crippen molar-refractivity contribution in [3.63, 3.8) is 0 Å². The number of methoxy groups -OCH3 is 1. The maximum Gasteiger partial charge on any atom is 0.410 e. The molecular weight excluding hydrogens is 595 g/mol. The van der Waals surface area contributed by atoms with Gasteiger partial charge < -0.3 is 19.1 Å². The maximum absolute atomic E-state index is 14.4. The maximum atomic E-state index is 14.4. The van der Waals surface area contributed by atoms with Crippen LogP contribution in [0.2, 0.25) is 5.15 Å². The van der Waals surface area contributed by atoms with Gasteiger partial charge in [-0.25, -0.2) is 19.1 Å². The van der Waals surface area contributed by atoms with Crippen molar-refractivity contribution in [2.24, 2.45) is 0 Å². The van der Waals surface area contributed by atoms with E-state index in [0.717, 1.165) is 16.3 Å². The molecule has 3 aromatic heterocycles. The van der Waals surface area contributed by atoms with Crippen LogP contribution in [0.25, 0.3) is 5.65 Å². The Bertz CT molecular complexity index is 1590. The van der Waals surface area contributed by atoms with E-state index in [1.54, 1.807) is 27.7 Å². The second kappa shape index (κ2) is 10.6. The molecule has 1 fully saturated rings. The number of urea groups is 1. The summed E-state index contributed by atoms with van der Waals surface area (Å²) in [6.07, 6.45) is -3.94. The molecule has 12 nitrogen and oxygen atoms in total. The molecule has 5 rings (SSSR count). The Hall–Kier alpha value is -4.01. The molecule has 0 aromatic carbocycles. The SMILES string of the molecule is COc1c(C)cc(NC(=O)N2C[C@@](C)(C(F)(F)F)c3c2cnc2cc(Cl)nn32)nc1O[C@H]1CCN(C(=O)OC(C)(C)C)C1. The molecule has 2 aliphatic rings. The fourth-order valence-electron chi connectivity index (χ4n) is 5.17. The first-order valence-corrected chi connectivity index (χ1v) is 13.8. The third-order valence-corrected chi connectivity index (χ3v) is 7.42. The highest BCUT2D eigenvalue weighted by Crippen LogP contribution is 2.50. The summed E-state index contributed by atoms with van der Waals surface area (Å²) < 4.78 is 61.3. The molecule has 0 saturated carbocycles. The molecule has 1 saturated heterocycles. The minimum absolute atomic E-state index is 0.0265. The number of carbonyl (C=O) groups is 2. The van der Waals surface area contributed by atoms with Gasteiger partial charge in [-0.15, -0.1) is 0 Å². The number of hydrogen-bond donors (Lipinski definition) is 1. The highest BCUT2D eigenvalue weighted by atomic mass is 35.5. The lowest BCUT2D eigenvalue weighted by Crippen LogP contribution is -2.46. The van der Waals surface area contributed by atoms with Crippen molar-refractivity contribution in [3.8, 4) is 11.6 Å². The summed E-state index contributed by atoms with van der Waals surface area (Å²) in [5, 5.41) is 6.53. The van der Waals surface area contributed by atoms with E-state index < -0.39 is 42.0 Å². The zero-order valence-electron chi connectivity index (χ0n) is 24.4. The molecule has 2 atom stereocenters. The van der Waals surface area contributed by atoms with E-state index in [4.69, 9.17) is 25.8 Å². The summed E-state index contributed by atoms with van der Waals surface area (Å²) in [6, 6.07) is 1.98. The minimum Gasteiger partial charge on any atom is -0.491 e. The molecule has 0 radical (unpaired) electrons. The van der Waals surface area contributed by atoms with Crippen molar-refractivity contribution in [2.75, 3.05) is 37.0 Å². The first-order valence-electron chi connectivity index (χ1n) is 13.4. The van der Waals surface area contributed by atoms with Gasteiger partial charge in [-0.3, -0.25) is 10.2 Å². The van der Waals surface area contributed by atoms with Gasteiger partial charge in [0, 0.05) is 31.1 Å². The van der Waals surface area contributed by atoms with Gasteiger partial charge in [0.15, 0.2) is 16.5 Å². The largest absolute Gasteiger partial charge is 0.491 e. The van der Waals surface area contributed by atoms with Crippen LogP contribution >= 0.6 is 11.6 Å². The summed E-state index contributed by atoms with van der Waals surface area (Å²) in [5.74, 6) is 0.399. The number of anilines is 2. The zero-order chi connectivity index (χ0) is 31.5. The summed E-state index contributed by atoms with van der Waals surface area (Å²) >= 11 is 5.96. The Morgan fingerprint density at radius 2 is 1.93 bits per heavy atom. The lowest BCUT2D eigenvalue weighted by Gasteiger charge is -2.28. The Kier molecular flexibility index (Phi) is 7.51. The first-order chi connectivity index (χ1) is 20.0. The van der Waals surface area contributed by atoms with Crippen molar-refractivity contribution in [3.05, 3.63) is 34.7 Å². The highest BCUT2D eigenvalue weighted by molar-refractivity contribution is 6.29. The molecule has 3 aromatic rings. The predicted molar refractivity (Wildman–Crippen MR) is 150 cm³/mol. The lowest BCUT2D eigenvalue weighted by atomic mass is 9.88. The molecule has 16 heteroatoms. The molecule has 1 N–H and O–H groups in total. The van der Waals surface area contributed by atoms with Crippen molar-refractivity contribution in [2.45, 2.75) is 64.3 Å². The fraction of sp³-hybridized carbons (Fsp3) is 0.519. The van der Waals surface area contributed by atoms with Gasteiger partial charge in [0.1, 0.15) is 22.9 Å². The summed E-state index contributed by atoms with van der Waals surface area (Å²) in [6.45, 7) is 7.97. The van der Waals surface area contributed by atoms with Gasteiger partial charge >= 0.3 is 18.3 Å². The van der Waals surface area contributed by atoms with E-state index in [9.17, 15) is 22.8 Å². The van der Waals surface area contributed by atoms with Crippen LogP contribution in [0.3, 0.4) is 0 Å². The number of pyridine rings is 1. The third kappa shape index (κ3) is 5.69. The van der Waals surface area contributed by atoms with Gasteiger partial charge in [0.25, 0.3) is 5.88 Å². The number of nitrogens with one attached hydrogen (secondary N) is 1. The number of fused-ring (bicyclic) bond motifs is 3. The average Bonchev–Trinajstić information content (AvgIpc) is 3.58. The molecule has 43 heavy (non-hydrogen) atoms. The summed E-state index contributed by atoms with van der Waals surface area (Å²) in [4.78, 5) is 37.0. The van der Waals surface area contributed by atoms with Crippen LogP contribution in [-0.2, 0) is 10.2 Å². The van der Waals surface area contributed by atoms with E-state index in [1.807, 2.05) is 0 Å². The molecule has 0 aliphatic carbocycles. The number of ether oxygens (including phenoxy) is 3. The number of halogens is 4. The zero-order valence-corrected chi connectivity index (χ0v) is 25.1. The topological polar surface area (TPSA) is 123 Å². The van der Waals surface area contributed by atoms with Crippen molar-refractivity contribution < 1.29 is 37.0 Å². The molecule has 2 aliphatic heterocycles. The molecule has 232 valence electrons. The Labute approximate surface area is 250 Å². The molecule has 5 heterocycles. The second-order valence-corrected chi connectivity index (χ2v) is 12.1. The van der Waals surface area contributed by atoms with Crippen LogP contribution in [0.15, 0.2) is 18.3 Å². The molecular formula is C27H31ClF3N7O5. The quantitative estimate of drug-likeness (QED) is 0.411. The number of rotatable bonds is 4. The molecule has 0 unspecified atom stereocenters. The number of alkyl halides is 3. The van der Waals surface area contributed by atoms with Crippen LogP contribution < -0.4 is 19.7 Å². The van der Waals surface area contributed by atoms with Crippen molar-refractivity contribution >= 4 is 40.9 Å². The minimum atomic E-state index is -4.73. The highest BCUT2D eigenvalue weighted by Gasteiger charge is 2.60. The van der Waals surface area contributed by atoms with Gasteiger partial charge in [0.05, 0.1) is 31.2 Å². The lowest BCUT2D eigenvalue weighted by molar-refractivity contribution is -0.181. The predicted octanol–water partition coefficient (Wildman–Crippen LogP) is 5.36. The van der Waals surface area contributed by atoms with Crippen molar-refractivity contribution in [1.29, 1.82) is 0 Å². The van der Waals surface area contributed by atoms with Gasteiger partial charge in [-0.1, -0.05) is 11.6 Å². The van der Waals surface area contributed by atoms with Crippen LogP contribution in [0.5, 0.6) is 11.6 Å². The number of aromatic nitrogens is 4. The van der Waals surface area contributed by atoms with E-state index in [-0.39, 0.29) is 40.4 Å². The van der Waals surface area contributed by atoms with Gasteiger partial charge in [-0.05, 0) is 40.7 Å². The Morgan fingerprint density at radius 1 is 1.21 bits per heavy atom. The van der Waals surface area contributed by atoms with Gasteiger partial charge in [0.2, 0.25) is 0 Å². The van der Waals surface area contributed by atoms with Crippen LogP contribution in [0, 0.1) is 6.92 Å². The number of likely N-dealkylation sites (tertiary alicyclic amines) is 1. The monoisotopic (exact) mass is 625 g/mol. The molecule has 3 amide bonds. The summed E-state index contributed by atoms with van der Waals surface area (Å²) in [7, 11) is 1.44. The number of aryl methyl sites for hydroxylation is 1. The van der Waals surface area contributed by atoms with Crippen LogP contribution in [0.1, 0.15) is 45.4 Å². The van der Waals surface area contributed by atoms with E-state index in [0.29, 0.717) is 24.3 Å². The number of nitrogens with zero attached hydrogens (tertiary/aromatic N) is 6. The van der Waals surface area contributed by atoms with E-state index in [1.165, 1.54) is 30.3 Å². The van der Waals surface area contributed by atoms with E-state index >= 15 is 0 Å². The Morgan fingerprint density at radius 3 is 2.58 bits per heavy atom. The second-order valence-electron chi connectivity index (χ2n) is 11.7.